The Hall–Kier alpha value is -1.71. The van der Waals surface area contributed by atoms with Crippen molar-refractivity contribution in [2.24, 2.45) is 0 Å². The predicted octanol–water partition coefficient (Wildman–Crippen LogP) is 4.38. The summed E-state index contributed by atoms with van der Waals surface area (Å²) >= 11 is 11.9. The number of rotatable bonds is 3. The van der Waals surface area contributed by atoms with Crippen LogP contribution >= 0.6 is 23.2 Å². The first-order valence-corrected chi connectivity index (χ1v) is 7.26. The number of nitrogens with two attached hydrogens (primary N) is 1. The molecule has 0 heterocycles. The minimum atomic E-state index is -0.243. The van der Waals surface area contributed by atoms with Crippen LogP contribution in [0.2, 0.25) is 10.0 Å². The molecule has 0 radical (unpaired) electrons. The van der Waals surface area contributed by atoms with E-state index in [9.17, 15) is 4.79 Å². The molecule has 0 saturated carbocycles. The molecular formula is C16H16Cl2N2O. The predicted molar refractivity (Wildman–Crippen MR) is 87.9 cm³/mol. The summed E-state index contributed by atoms with van der Waals surface area (Å²) in [4.78, 5) is 12.3. The Balaban J connectivity index is 2.18. The molecule has 2 aromatic rings. The van der Waals surface area contributed by atoms with E-state index in [2.05, 4.69) is 5.32 Å². The van der Waals surface area contributed by atoms with Crippen LogP contribution in [0, 0.1) is 6.92 Å². The van der Waals surface area contributed by atoms with Gasteiger partial charge in [0.25, 0.3) is 5.91 Å². The monoisotopic (exact) mass is 322 g/mol. The van der Waals surface area contributed by atoms with Crippen molar-refractivity contribution in [1.29, 1.82) is 0 Å². The van der Waals surface area contributed by atoms with Crippen molar-refractivity contribution in [3.05, 3.63) is 63.1 Å². The van der Waals surface area contributed by atoms with Crippen molar-refractivity contribution in [2.75, 3.05) is 5.73 Å². The van der Waals surface area contributed by atoms with Crippen LogP contribution in [0.1, 0.15) is 34.5 Å². The van der Waals surface area contributed by atoms with Gasteiger partial charge < -0.3 is 11.1 Å². The average Bonchev–Trinajstić information content (AvgIpc) is 2.44. The maximum Gasteiger partial charge on any atom is 0.251 e. The number of hydrogen-bond acceptors (Lipinski definition) is 2. The standard InChI is InChI=1S/C16H16Cl2N2O/c1-9-4-3-5-11(6-9)10(2)20-16(21)12-7-13(17)15(19)14(18)8-12/h3-8,10H,19H2,1-2H3,(H,20,21)/t10-/m0/s1. The van der Waals surface area contributed by atoms with Gasteiger partial charge in [-0.05, 0) is 31.5 Å². The SMILES string of the molecule is Cc1cccc([C@H](C)NC(=O)c2cc(Cl)c(N)c(Cl)c2)c1. The highest BCUT2D eigenvalue weighted by atomic mass is 35.5. The average molecular weight is 323 g/mol. The molecule has 0 fully saturated rings. The second-order valence-electron chi connectivity index (χ2n) is 4.96. The van der Waals surface area contributed by atoms with Crippen molar-refractivity contribution in [1.82, 2.24) is 5.32 Å². The normalized spacial score (nSPS) is 12.0. The summed E-state index contributed by atoms with van der Waals surface area (Å²) in [5.41, 5.74) is 8.51. The van der Waals surface area contributed by atoms with Gasteiger partial charge in [-0.2, -0.15) is 0 Å². The van der Waals surface area contributed by atoms with E-state index >= 15 is 0 Å². The van der Waals surface area contributed by atoms with Crippen molar-refractivity contribution in [2.45, 2.75) is 19.9 Å². The number of benzene rings is 2. The molecule has 0 aliphatic carbocycles. The Morgan fingerprint density at radius 3 is 2.38 bits per heavy atom. The van der Waals surface area contributed by atoms with Crippen LogP contribution in [0.25, 0.3) is 0 Å². The first kappa shape index (κ1) is 15.7. The van der Waals surface area contributed by atoms with Gasteiger partial charge in [0, 0.05) is 5.56 Å². The fraction of sp³-hybridized carbons (Fsp3) is 0.188. The fourth-order valence-electron chi connectivity index (χ4n) is 2.02. The van der Waals surface area contributed by atoms with Crippen LogP contribution in [0.3, 0.4) is 0 Å². The molecule has 1 atom stereocenters. The van der Waals surface area contributed by atoms with Crippen LogP contribution in [0.4, 0.5) is 5.69 Å². The zero-order valence-electron chi connectivity index (χ0n) is 11.8. The molecule has 0 bridgehead atoms. The summed E-state index contributed by atoms with van der Waals surface area (Å²) < 4.78 is 0. The van der Waals surface area contributed by atoms with Gasteiger partial charge in [-0.3, -0.25) is 4.79 Å². The van der Waals surface area contributed by atoms with Crippen LogP contribution in [0.5, 0.6) is 0 Å². The number of carbonyl (C=O) groups excluding carboxylic acids is 1. The van der Waals surface area contributed by atoms with Crippen LogP contribution in [-0.4, -0.2) is 5.91 Å². The number of nitrogen functional groups attached to an aromatic ring is 1. The zero-order valence-corrected chi connectivity index (χ0v) is 13.3. The van der Waals surface area contributed by atoms with Gasteiger partial charge in [-0.1, -0.05) is 53.0 Å². The lowest BCUT2D eigenvalue weighted by Crippen LogP contribution is -2.26. The van der Waals surface area contributed by atoms with E-state index in [1.54, 1.807) is 0 Å². The van der Waals surface area contributed by atoms with Gasteiger partial charge in [0.1, 0.15) is 0 Å². The van der Waals surface area contributed by atoms with Gasteiger partial charge in [0.2, 0.25) is 0 Å². The van der Waals surface area contributed by atoms with E-state index < -0.39 is 0 Å². The van der Waals surface area contributed by atoms with Crippen molar-refractivity contribution in [3.63, 3.8) is 0 Å². The minimum absolute atomic E-state index is 0.118. The Labute approximate surface area is 134 Å². The van der Waals surface area contributed by atoms with Crippen molar-refractivity contribution >= 4 is 34.8 Å². The van der Waals surface area contributed by atoms with E-state index in [4.69, 9.17) is 28.9 Å². The second kappa shape index (κ2) is 6.37. The lowest BCUT2D eigenvalue weighted by Gasteiger charge is -2.15. The van der Waals surface area contributed by atoms with Crippen LogP contribution < -0.4 is 11.1 Å². The molecule has 2 rings (SSSR count). The van der Waals surface area contributed by atoms with E-state index in [0.717, 1.165) is 11.1 Å². The molecule has 110 valence electrons. The maximum absolute atomic E-state index is 12.3. The number of amides is 1. The fourth-order valence-corrected chi connectivity index (χ4v) is 2.51. The number of nitrogens with one attached hydrogen (secondary N) is 1. The third kappa shape index (κ3) is 3.69. The van der Waals surface area contributed by atoms with Crippen LogP contribution in [-0.2, 0) is 0 Å². The number of anilines is 1. The zero-order chi connectivity index (χ0) is 15.6. The Morgan fingerprint density at radius 1 is 1.19 bits per heavy atom. The maximum atomic E-state index is 12.3. The lowest BCUT2D eigenvalue weighted by atomic mass is 10.1. The first-order valence-electron chi connectivity index (χ1n) is 6.50. The molecule has 0 unspecified atom stereocenters. The molecule has 0 aliphatic rings. The highest BCUT2D eigenvalue weighted by Crippen LogP contribution is 2.29. The summed E-state index contributed by atoms with van der Waals surface area (Å²) in [7, 11) is 0. The van der Waals surface area contributed by atoms with Gasteiger partial charge in [-0.25, -0.2) is 0 Å². The van der Waals surface area contributed by atoms with Gasteiger partial charge in [-0.15, -0.1) is 0 Å². The van der Waals surface area contributed by atoms with Crippen molar-refractivity contribution < 1.29 is 4.79 Å². The molecule has 21 heavy (non-hydrogen) atoms. The molecule has 3 N–H and O–H groups in total. The second-order valence-corrected chi connectivity index (χ2v) is 5.78. The molecule has 3 nitrogen and oxygen atoms in total. The number of halogens is 2. The van der Waals surface area contributed by atoms with Gasteiger partial charge in [0.15, 0.2) is 0 Å². The summed E-state index contributed by atoms with van der Waals surface area (Å²) in [5.74, 6) is -0.243. The number of hydrogen-bond donors (Lipinski definition) is 2. The van der Waals surface area contributed by atoms with E-state index in [1.807, 2.05) is 38.1 Å². The van der Waals surface area contributed by atoms with Crippen LogP contribution in [0.15, 0.2) is 36.4 Å². The topological polar surface area (TPSA) is 55.1 Å². The molecule has 5 heteroatoms. The van der Waals surface area contributed by atoms with E-state index in [0.29, 0.717) is 5.56 Å². The van der Waals surface area contributed by atoms with E-state index in [-0.39, 0.29) is 27.7 Å². The molecule has 0 spiro atoms. The Morgan fingerprint density at radius 2 is 1.81 bits per heavy atom. The summed E-state index contributed by atoms with van der Waals surface area (Å²) in [6.45, 7) is 3.94. The number of aryl methyl sites for hydroxylation is 1. The Kier molecular flexibility index (Phi) is 4.76. The highest BCUT2D eigenvalue weighted by molar-refractivity contribution is 6.39. The largest absolute Gasteiger partial charge is 0.396 e. The molecule has 1 amide bonds. The lowest BCUT2D eigenvalue weighted by molar-refractivity contribution is 0.0940. The molecule has 0 aliphatic heterocycles. The minimum Gasteiger partial charge on any atom is -0.396 e. The van der Waals surface area contributed by atoms with Gasteiger partial charge >= 0.3 is 0 Å². The third-order valence-corrected chi connectivity index (χ3v) is 3.86. The molecule has 0 saturated heterocycles. The quantitative estimate of drug-likeness (QED) is 0.824. The Bertz CT molecular complexity index is 663. The first-order chi connectivity index (χ1) is 9.88. The molecular weight excluding hydrogens is 307 g/mol. The van der Waals surface area contributed by atoms with Crippen molar-refractivity contribution in [3.8, 4) is 0 Å². The molecule has 0 aromatic heterocycles. The smallest absolute Gasteiger partial charge is 0.251 e. The summed E-state index contributed by atoms with van der Waals surface area (Å²) in [5, 5.41) is 3.46. The summed E-state index contributed by atoms with van der Waals surface area (Å²) in [6.07, 6.45) is 0. The third-order valence-electron chi connectivity index (χ3n) is 3.23. The van der Waals surface area contributed by atoms with E-state index in [1.165, 1.54) is 12.1 Å². The number of carbonyl (C=O) groups is 1. The van der Waals surface area contributed by atoms with Gasteiger partial charge in [0.05, 0.1) is 21.8 Å². The summed E-state index contributed by atoms with van der Waals surface area (Å²) in [6, 6.07) is 10.9. The highest BCUT2D eigenvalue weighted by Gasteiger charge is 2.14. The molecule has 2 aromatic carbocycles.